The van der Waals surface area contributed by atoms with Gasteiger partial charge in [-0.1, -0.05) is 24.3 Å². The topological polar surface area (TPSA) is 57.2 Å². The van der Waals surface area contributed by atoms with E-state index in [1.807, 2.05) is 73.6 Å². The van der Waals surface area contributed by atoms with Crippen LogP contribution >= 0.6 is 0 Å². The minimum Gasteiger partial charge on any atom is -0.497 e. The summed E-state index contributed by atoms with van der Waals surface area (Å²) in [5.74, 6) is 1.87. The van der Waals surface area contributed by atoms with Gasteiger partial charge in [-0.15, -0.1) is 0 Å². The molecule has 0 radical (unpaired) electrons. The molecule has 6 heteroatoms. The van der Waals surface area contributed by atoms with Gasteiger partial charge in [0.2, 0.25) is 5.75 Å². The van der Waals surface area contributed by atoms with E-state index in [4.69, 9.17) is 18.9 Å². The number of ether oxygens (including phenoxy) is 4. The van der Waals surface area contributed by atoms with Crippen molar-refractivity contribution >= 4 is 23.1 Å². The number of anilines is 1. The Labute approximate surface area is 195 Å². The average molecular weight is 448 g/mol. The van der Waals surface area contributed by atoms with Crippen molar-refractivity contribution in [1.82, 2.24) is 0 Å². The number of benzene rings is 3. The van der Waals surface area contributed by atoms with E-state index >= 15 is 0 Å². The normalized spacial score (nSPS) is 11.0. The first kappa shape index (κ1) is 23.7. The Morgan fingerprint density at radius 3 is 1.76 bits per heavy atom. The number of carbonyl (C=O) groups excluding carboxylic acids is 1. The van der Waals surface area contributed by atoms with Gasteiger partial charge in [-0.25, -0.2) is 0 Å². The van der Waals surface area contributed by atoms with E-state index in [2.05, 4.69) is 0 Å². The molecule has 3 rings (SSSR count). The molecule has 0 saturated heterocycles. The Bertz CT molecular complexity index is 1110. The van der Waals surface area contributed by atoms with Crippen LogP contribution < -0.4 is 23.8 Å². The number of ketones is 1. The summed E-state index contributed by atoms with van der Waals surface area (Å²) in [6, 6.07) is 18.7. The minimum atomic E-state index is -0.164. The Hall–Kier alpha value is -3.93. The molecule has 0 unspecified atom stereocenters. The quantitative estimate of drug-likeness (QED) is 0.255. The van der Waals surface area contributed by atoms with Crippen LogP contribution in [0.4, 0.5) is 5.69 Å². The minimum absolute atomic E-state index is 0.164. The third-order valence-electron chi connectivity index (χ3n) is 5.29. The second kappa shape index (κ2) is 10.6. The Morgan fingerprint density at radius 1 is 0.727 bits per heavy atom. The molecule has 3 aromatic rings. The maximum absolute atomic E-state index is 13.8. The van der Waals surface area contributed by atoms with Crippen molar-refractivity contribution in [3.63, 3.8) is 0 Å². The van der Waals surface area contributed by atoms with E-state index in [0.29, 0.717) is 28.4 Å². The first-order valence-electron chi connectivity index (χ1n) is 10.4. The third kappa shape index (κ3) is 5.29. The summed E-state index contributed by atoms with van der Waals surface area (Å²) in [4.78, 5) is 15.8. The maximum Gasteiger partial charge on any atom is 0.203 e. The van der Waals surface area contributed by atoms with Crippen molar-refractivity contribution in [3.05, 3.63) is 77.4 Å². The lowest BCUT2D eigenvalue weighted by Crippen LogP contribution is -2.09. The van der Waals surface area contributed by atoms with Crippen LogP contribution in [0.2, 0.25) is 0 Å². The van der Waals surface area contributed by atoms with Crippen LogP contribution in [0.1, 0.15) is 21.5 Å². The predicted octanol–water partition coefficient (Wildman–Crippen LogP) is 5.21. The highest BCUT2D eigenvalue weighted by Gasteiger charge is 2.21. The first-order valence-corrected chi connectivity index (χ1v) is 10.4. The van der Waals surface area contributed by atoms with Crippen molar-refractivity contribution < 1.29 is 23.7 Å². The number of hydrogen-bond donors (Lipinski definition) is 0. The van der Waals surface area contributed by atoms with Crippen LogP contribution in [0.5, 0.6) is 23.0 Å². The molecule has 0 aliphatic carbocycles. The first-order chi connectivity index (χ1) is 15.9. The largest absolute Gasteiger partial charge is 0.497 e. The summed E-state index contributed by atoms with van der Waals surface area (Å²) in [5, 5.41) is 0. The number of methoxy groups -OCH3 is 4. The highest BCUT2D eigenvalue weighted by atomic mass is 16.5. The molecule has 0 aliphatic rings. The van der Waals surface area contributed by atoms with E-state index in [1.165, 1.54) is 21.3 Å². The standard InChI is InChI=1S/C27H29NO5/c1-28(2)21-11-9-19(10-12-21)23(15-18-7-13-22(30-3)14-8-18)26(29)20-16-24(31-4)27(33-6)25(17-20)32-5/h7-17H,1-6H3/b23-15+. The van der Waals surface area contributed by atoms with Crippen LogP contribution in [0.15, 0.2) is 60.7 Å². The fourth-order valence-electron chi connectivity index (χ4n) is 3.45. The van der Waals surface area contributed by atoms with Gasteiger partial charge >= 0.3 is 0 Å². The van der Waals surface area contributed by atoms with Crippen molar-refractivity contribution in [1.29, 1.82) is 0 Å². The summed E-state index contributed by atoms with van der Waals surface area (Å²) in [6.07, 6.45) is 1.87. The SMILES string of the molecule is COc1ccc(/C=C(/C(=O)c2cc(OC)c(OC)c(OC)c2)c2ccc(N(C)C)cc2)cc1. The number of allylic oxidation sites excluding steroid dienone is 1. The van der Waals surface area contributed by atoms with Gasteiger partial charge in [0.05, 0.1) is 28.4 Å². The van der Waals surface area contributed by atoms with Gasteiger partial charge in [-0.05, 0) is 53.6 Å². The van der Waals surface area contributed by atoms with Gasteiger partial charge in [0.25, 0.3) is 0 Å². The Morgan fingerprint density at radius 2 is 1.30 bits per heavy atom. The summed E-state index contributed by atoms with van der Waals surface area (Å²) < 4.78 is 21.5. The van der Waals surface area contributed by atoms with Gasteiger partial charge in [-0.3, -0.25) is 4.79 Å². The molecule has 0 aromatic heterocycles. The number of hydrogen-bond acceptors (Lipinski definition) is 6. The maximum atomic E-state index is 13.8. The predicted molar refractivity (Wildman–Crippen MR) is 132 cm³/mol. The highest BCUT2D eigenvalue weighted by Crippen LogP contribution is 2.39. The fourth-order valence-corrected chi connectivity index (χ4v) is 3.45. The van der Waals surface area contributed by atoms with Crippen molar-refractivity contribution in [2.75, 3.05) is 47.4 Å². The molecular formula is C27H29NO5. The lowest BCUT2D eigenvalue weighted by Gasteiger charge is -2.16. The molecule has 0 N–H and O–H groups in total. The molecule has 33 heavy (non-hydrogen) atoms. The molecule has 6 nitrogen and oxygen atoms in total. The van der Waals surface area contributed by atoms with Crippen LogP contribution in [-0.2, 0) is 0 Å². The van der Waals surface area contributed by atoms with Crippen molar-refractivity contribution in [3.8, 4) is 23.0 Å². The molecule has 0 amide bonds. The number of nitrogens with zero attached hydrogens (tertiary/aromatic N) is 1. The van der Waals surface area contributed by atoms with Crippen LogP contribution in [-0.4, -0.2) is 48.3 Å². The van der Waals surface area contributed by atoms with Gasteiger partial charge in [-0.2, -0.15) is 0 Å². The van der Waals surface area contributed by atoms with E-state index in [-0.39, 0.29) is 5.78 Å². The lowest BCUT2D eigenvalue weighted by atomic mass is 9.94. The summed E-state index contributed by atoms with van der Waals surface area (Å²) in [7, 11) is 10.2. The monoisotopic (exact) mass is 447 g/mol. The molecule has 0 heterocycles. The van der Waals surface area contributed by atoms with Gasteiger partial charge in [0.1, 0.15) is 5.75 Å². The van der Waals surface area contributed by atoms with Gasteiger partial charge < -0.3 is 23.8 Å². The molecular weight excluding hydrogens is 418 g/mol. The molecule has 0 fully saturated rings. The number of carbonyl (C=O) groups is 1. The van der Waals surface area contributed by atoms with E-state index in [0.717, 1.165) is 22.6 Å². The smallest absolute Gasteiger partial charge is 0.203 e. The highest BCUT2D eigenvalue weighted by molar-refractivity contribution is 6.32. The fraction of sp³-hybridized carbons (Fsp3) is 0.222. The lowest BCUT2D eigenvalue weighted by molar-refractivity contribution is 0.105. The zero-order valence-electron chi connectivity index (χ0n) is 19.8. The number of Topliss-reactive ketones (excluding diaryl/α,β-unsaturated/α-hetero) is 1. The second-order valence-corrected chi connectivity index (χ2v) is 7.52. The van der Waals surface area contributed by atoms with Crippen LogP contribution in [0.25, 0.3) is 11.6 Å². The molecule has 0 saturated carbocycles. The van der Waals surface area contributed by atoms with Gasteiger partial charge in [0.15, 0.2) is 17.3 Å². The summed E-state index contributed by atoms with van der Waals surface area (Å²) in [5.41, 5.74) is 3.70. The second-order valence-electron chi connectivity index (χ2n) is 7.52. The summed E-state index contributed by atoms with van der Waals surface area (Å²) in [6.45, 7) is 0. The van der Waals surface area contributed by atoms with Crippen LogP contribution in [0, 0.1) is 0 Å². The zero-order valence-corrected chi connectivity index (χ0v) is 19.8. The van der Waals surface area contributed by atoms with Gasteiger partial charge in [0, 0.05) is 30.9 Å². The molecule has 3 aromatic carbocycles. The number of rotatable bonds is 9. The van der Waals surface area contributed by atoms with Crippen LogP contribution in [0.3, 0.4) is 0 Å². The molecule has 0 spiro atoms. The summed E-state index contributed by atoms with van der Waals surface area (Å²) >= 11 is 0. The molecule has 0 atom stereocenters. The van der Waals surface area contributed by atoms with Crippen molar-refractivity contribution in [2.45, 2.75) is 0 Å². The Kier molecular flexibility index (Phi) is 7.61. The zero-order chi connectivity index (χ0) is 24.0. The average Bonchev–Trinajstić information content (AvgIpc) is 2.86. The molecule has 172 valence electrons. The van der Waals surface area contributed by atoms with E-state index < -0.39 is 0 Å². The van der Waals surface area contributed by atoms with E-state index in [9.17, 15) is 4.79 Å². The molecule has 0 bridgehead atoms. The molecule has 0 aliphatic heterocycles. The third-order valence-corrected chi connectivity index (χ3v) is 5.29. The van der Waals surface area contributed by atoms with E-state index in [1.54, 1.807) is 19.2 Å². The van der Waals surface area contributed by atoms with Crippen molar-refractivity contribution in [2.24, 2.45) is 0 Å². The Balaban J connectivity index is 2.14.